The first-order valence-electron chi connectivity index (χ1n) is 5.09. The van der Waals surface area contributed by atoms with Gasteiger partial charge in [-0.15, -0.1) is 0 Å². The van der Waals surface area contributed by atoms with Gasteiger partial charge in [0.25, 0.3) is 0 Å². The smallest absolute Gasteiger partial charge is 0.0879 e. The summed E-state index contributed by atoms with van der Waals surface area (Å²) < 4.78 is 0. The lowest BCUT2D eigenvalue weighted by atomic mass is 9.99. The quantitative estimate of drug-likeness (QED) is 0.573. The highest BCUT2D eigenvalue weighted by molar-refractivity contribution is 5.00. The fourth-order valence-electron chi connectivity index (χ4n) is 2.24. The van der Waals surface area contributed by atoms with Gasteiger partial charge in [0.1, 0.15) is 0 Å². The van der Waals surface area contributed by atoms with Gasteiger partial charge >= 0.3 is 0 Å². The van der Waals surface area contributed by atoms with Crippen LogP contribution in [0.3, 0.4) is 0 Å². The Kier molecular flexibility index (Phi) is 2.35. The van der Waals surface area contributed by atoms with Gasteiger partial charge in [0, 0.05) is 6.54 Å². The summed E-state index contributed by atoms with van der Waals surface area (Å²) in [4.78, 5) is 0. The second-order valence-electron chi connectivity index (χ2n) is 3.92. The molecule has 0 saturated heterocycles. The zero-order valence-corrected chi connectivity index (χ0v) is 7.60. The molecule has 2 N–H and O–H groups in total. The summed E-state index contributed by atoms with van der Waals surface area (Å²) in [6.45, 7) is 1.03. The Morgan fingerprint density at radius 1 is 1.00 bits per heavy atom. The second-order valence-corrected chi connectivity index (χ2v) is 3.92. The maximum absolute atomic E-state index is 3.58. The number of rotatable bonds is 0. The van der Waals surface area contributed by atoms with Crippen molar-refractivity contribution in [1.29, 1.82) is 0 Å². The largest absolute Gasteiger partial charge is 0.373 e. The Hall–Kier alpha value is -0.500. The van der Waals surface area contributed by atoms with Crippen LogP contribution in [0.5, 0.6) is 0 Å². The summed E-state index contributed by atoms with van der Waals surface area (Å²) in [6.07, 6.45) is 12.4. The number of hydrogen-bond acceptors (Lipinski definition) is 2. The van der Waals surface area contributed by atoms with Crippen molar-refractivity contribution >= 4 is 0 Å². The minimum absolute atomic E-state index is 0.255. The molecule has 1 aliphatic carbocycles. The zero-order valence-electron chi connectivity index (χ0n) is 7.60. The molecule has 2 nitrogen and oxygen atoms in total. The van der Waals surface area contributed by atoms with Crippen molar-refractivity contribution in [3.8, 4) is 0 Å². The molecule has 0 amide bonds. The topological polar surface area (TPSA) is 24.1 Å². The monoisotopic (exact) mass is 166 g/mol. The maximum Gasteiger partial charge on any atom is 0.0879 e. The summed E-state index contributed by atoms with van der Waals surface area (Å²) in [5.74, 6) is 0. The molecule has 0 bridgehead atoms. The standard InChI is InChI=1S/C10H18N2/c1-2-4-7-10(6-3-1)11-8-5-9-12-10/h5,8,11-12H,1-4,6-7,9H2. The summed E-state index contributed by atoms with van der Waals surface area (Å²) in [5.41, 5.74) is 0.255. The Morgan fingerprint density at radius 3 is 2.33 bits per heavy atom. The van der Waals surface area contributed by atoms with Gasteiger partial charge in [-0.1, -0.05) is 18.9 Å². The molecule has 1 heterocycles. The summed E-state index contributed by atoms with van der Waals surface area (Å²) in [5, 5.41) is 7.06. The lowest BCUT2D eigenvalue weighted by Crippen LogP contribution is -2.56. The van der Waals surface area contributed by atoms with E-state index in [-0.39, 0.29) is 5.66 Å². The predicted molar refractivity (Wildman–Crippen MR) is 50.7 cm³/mol. The van der Waals surface area contributed by atoms with Crippen LogP contribution in [0.2, 0.25) is 0 Å². The van der Waals surface area contributed by atoms with E-state index >= 15 is 0 Å². The molecule has 2 aliphatic rings. The first kappa shape index (κ1) is 8.11. The Labute approximate surface area is 74.4 Å². The van der Waals surface area contributed by atoms with Crippen molar-refractivity contribution < 1.29 is 0 Å². The van der Waals surface area contributed by atoms with E-state index in [2.05, 4.69) is 22.9 Å². The fourth-order valence-corrected chi connectivity index (χ4v) is 2.24. The van der Waals surface area contributed by atoms with Gasteiger partial charge in [-0.05, 0) is 31.9 Å². The van der Waals surface area contributed by atoms with Crippen LogP contribution in [-0.4, -0.2) is 12.2 Å². The molecule has 0 aromatic rings. The molecular weight excluding hydrogens is 148 g/mol. The second kappa shape index (κ2) is 3.48. The van der Waals surface area contributed by atoms with E-state index in [1.165, 1.54) is 38.5 Å². The molecule has 68 valence electrons. The first-order valence-corrected chi connectivity index (χ1v) is 5.09. The van der Waals surface area contributed by atoms with Gasteiger partial charge in [-0.3, -0.25) is 5.32 Å². The van der Waals surface area contributed by atoms with Crippen LogP contribution in [0.4, 0.5) is 0 Å². The molecule has 2 heteroatoms. The Balaban J connectivity index is 2.01. The van der Waals surface area contributed by atoms with Crippen molar-refractivity contribution in [3.63, 3.8) is 0 Å². The summed E-state index contributed by atoms with van der Waals surface area (Å²) >= 11 is 0. The van der Waals surface area contributed by atoms with E-state index in [0.717, 1.165) is 6.54 Å². The van der Waals surface area contributed by atoms with E-state index in [1.807, 2.05) is 0 Å². The zero-order chi connectivity index (χ0) is 8.28. The fraction of sp³-hybridized carbons (Fsp3) is 0.800. The highest BCUT2D eigenvalue weighted by Gasteiger charge is 2.29. The third kappa shape index (κ3) is 1.63. The minimum Gasteiger partial charge on any atom is -0.373 e. The summed E-state index contributed by atoms with van der Waals surface area (Å²) in [7, 11) is 0. The average Bonchev–Trinajstić information content (AvgIpc) is 2.33. The van der Waals surface area contributed by atoms with Gasteiger partial charge < -0.3 is 5.32 Å². The third-order valence-corrected chi connectivity index (χ3v) is 2.99. The molecular formula is C10H18N2. The Morgan fingerprint density at radius 2 is 1.75 bits per heavy atom. The van der Waals surface area contributed by atoms with Crippen molar-refractivity contribution in [2.24, 2.45) is 0 Å². The number of hydrogen-bond donors (Lipinski definition) is 2. The van der Waals surface area contributed by atoms with Crippen molar-refractivity contribution in [3.05, 3.63) is 12.3 Å². The molecule has 1 aliphatic heterocycles. The summed E-state index contributed by atoms with van der Waals surface area (Å²) in [6, 6.07) is 0. The lowest BCUT2D eigenvalue weighted by molar-refractivity contribution is 0.250. The molecule has 0 radical (unpaired) electrons. The van der Waals surface area contributed by atoms with Gasteiger partial charge in [0.15, 0.2) is 0 Å². The molecule has 12 heavy (non-hydrogen) atoms. The SMILES string of the molecule is C1=CNC2(CCCCCC2)NC1. The van der Waals surface area contributed by atoms with E-state index in [0.29, 0.717) is 0 Å². The van der Waals surface area contributed by atoms with Crippen LogP contribution in [-0.2, 0) is 0 Å². The lowest BCUT2D eigenvalue weighted by Gasteiger charge is -2.36. The van der Waals surface area contributed by atoms with Crippen molar-refractivity contribution in [1.82, 2.24) is 10.6 Å². The molecule has 0 unspecified atom stereocenters. The van der Waals surface area contributed by atoms with Gasteiger partial charge in [0.2, 0.25) is 0 Å². The first-order chi connectivity index (χ1) is 5.91. The highest BCUT2D eigenvalue weighted by atomic mass is 15.2. The van der Waals surface area contributed by atoms with Crippen LogP contribution in [0.15, 0.2) is 12.3 Å². The van der Waals surface area contributed by atoms with Gasteiger partial charge in [-0.25, -0.2) is 0 Å². The van der Waals surface area contributed by atoms with Crippen LogP contribution in [0, 0.1) is 0 Å². The maximum atomic E-state index is 3.58. The van der Waals surface area contributed by atoms with Gasteiger partial charge in [0.05, 0.1) is 5.66 Å². The van der Waals surface area contributed by atoms with E-state index in [4.69, 9.17) is 0 Å². The highest BCUT2D eigenvalue weighted by Crippen LogP contribution is 2.25. The van der Waals surface area contributed by atoms with E-state index < -0.39 is 0 Å². The van der Waals surface area contributed by atoms with Crippen LogP contribution < -0.4 is 10.6 Å². The molecule has 0 aromatic carbocycles. The molecule has 0 aromatic heterocycles. The predicted octanol–water partition coefficient (Wildman–Crippen LogP) is 1.74. The molecule has 1 saturated carbocycles. The van der Waals surface area contributed by atoms with Crippen LogP contribution >= 0.6 is 0 Å². The average molecular weight is 166 g/mol. The number of nitrogens with one attached hydrogen (secondary N) is 2. The van der Waals surface area contributed by atoms with Crippen molar-refractivity contribution in [2.45, 2.75) is 44.2 Å². The third-order valence-electron chi connectivity index (χ3n) is 2.99. The Bertz CT molecular complexity index is 167. The van der Waals surface area contributed by atoms with Gasteiger partial charge in [-0.2, -0.15) is 0 Å². The minimum atomic E-state index is 0.255. The van der Waals surface area contributed by atoms with E-state index in [9.17, 15) is 0 Å². The van der Waals surface area contributed by atoms with Crippen LogP contribution in [0.1, 0.15) is 38.5 Å². The molecule has 0 atom stereocenters. The molecule has 1 fully saturated rings. The van der Waals surface area contributed by atoms with Crippen molar-refractivity contribution in [2.75, 3.05) is 6.54 Å². The normalized spacial score (nSPS) is 28.0. The van der Waals surface area contributed by atoms with Crippen LogP contribution in [0.25, 0.3) is 0 Å². The van der Waals surface area contributed by atoms with E-state index in [1.54, 1.807) is 0 Å². The molecule has 2 rings (SSSR count). The molecule has 1 spiro atoms.